The van der Waals surface area contributed by atoms with E-state index < -0.39 is 5.60 Å². The number of rotatable bonds is 0. The first-order chi connectivity index (χ1) is 7.46. The molecule has 0 aliphatic carbocycles. The third-order valence-electron chi connectivity index (χ3n) is 3.25. The van der Waals surface area contributed by atoms with Crippen LogP contribution in [0.5, 0.6) is 0 Å². The Morgan fingerprint density at radius 3 is 2.75 bits per heavy atom. The number of ether oxygens (including phenoxy) is 1. The van der Waals surface area contributed by atoms with E-state index in [0.29, 0.717) is 12.0 Å². The molecule has 0 spiro atoms. The Kier molecular flexibility index (Phi) is 3.10. The van der Waals surface area contributed by atoms with Gasteiger partial charge in [0.15, 0.2) is 0 Å². The lowest BCUT2D eigenvalue weighted by molar-refractivity contribution is 0.0286. The number of fused-ring (bicyclic) bond motifs is 1. The number of piperidine rings is 1. The predicted molar refractivity (Wildman–Crippen MR) is 62.3 cm³/mol. The molecule has 1 amide bonds. The molecule has 0 aromatic heterocycles. The van der Waals surface area contributed by atoms with Crippen LogP contribution in [0.4, 0.5) is 4.79 Å². The molecule has 0 aromatic carbocycles. The topological polar surface area (TPSA) is 41.6 Å². The molecule has 0 bridgehead atoms. The van der Waals surface area contributed by atoms with Crippen LogP contribution in [-0.2, 0) is 4.74 Å². The molecular formula is C12H22N2O2. The SMILES string of the molecule is CC(C)(C)OC(=O)N1C[C@H]2CCCN[C@H]2C1. The maximum atomic E-state index is 11.9. The van der Waals surface area contributed by atoms with Gasteiger partial charge in [-0.05, 0) is 46.1 Å². The summed E-state index contributed by atoms with van der Waals surface area (Å²) in [5.41, 5.74) is -0.391. The zero-order valence-corrected chi connectivity index (χ0v) is 10.5. The highest BCUT2D eigenvalue weighted by Gasteiger charge is 2.37. The molecule has 2 saturated heterocycles. The molecule has 2 heterocycles. The predicted octanol–water partition coefficient (Wildman–Crippen LogP) is 1.61. The van der Waals surface area contributed by atoms with Gasteiger partial charge in [-0.15, -0.1) is 0 Å². The highest BCUT2D eigenvalue weighted by Crippen LogP contribution is 2.26. The first-order valence-corrected chi connectivity index (χ1v) is 6.17. The van der Waals surface area contributed by atoms with Crippen molar-refractivity contribution >= 4 is 6.09 Å². The van der Waals surface area contributed by atoms with Crippen LogP contribution in [0, 0.1) is 5.92 Å². The molecule has 2 atom stereocenters. The number of amides is 1. The Labute approximate surface area is 97.3 Å². The average molecular weight is 226 g/mol. The summed E-state index contributed by atoms with van der Waals surface area (Å²) in [5, 5.41) is 3.48. The van der Waals surface area contributed by atoms with Gasteiger partial charge in [-0.1, -0.05) is 0 Å². The summed E-state index contributed by atoms with van der Waals surface area (Å²) < 4.78 is 5.39. The summed E-state index contributed by atoms with van der Waals surface area (Å²) >= 11 is 0. The van der Waals surface area contributed by atoms with Crippen LogP contribution in [0.3, 0.4) is 0 Å². The van der Waals surface area contributed by atoms with Gasteiger partial charge in [0, 0.05) is 19.1 Å². The van der Waals surface area contributed by atoms with Crippen LogP contribution in [0.15, 0.2) is 0 Å². The molecule has 1 N–H and O–H groups in total. The Morgan fingerprint density at radius 2 is 2.12 bits per heavy atom. The molecule has 2 rings (SSSR count). The second-order valence-electron chi connectivity index (χ2n) is 5.85. The van der Waals surface area contributed by atoms with Crippen molar-refractivity contribution < 1.29 is 9.53 Å². The Bertz CT molecular complexity index is 259. The van der Waals surface area contributed by atoms with Crippen molar-refractivity contribution in [2.45, 2.75) is 45.3 Å². The highest BCUT2D eigenvalue weighted by molar-refractivity contribution is 5.68. The Morgan fingerprint density at radius 1 is 1.38 bits per heavy atom. The van der Waals surface area contributed by atoms with E-state index >= 15 is 0 Å². The zero-order chi connectivity index (χ0) is 11.8. The highest BCUT2D eigenvalue weighted by atomic mass is 16.6. The molecule has 0 aromatic rings. The fourth-order valence-corrected chi connectivity index (χ4v) is 2.52. The average Bonchev–Trinajstić information content (AvgIpc) is 2.58. The summed E-state index contributed by atoms with van der Waals surface area (Å²) in [6, 6.07) is 0.487. The molecule has 0 saturated carbocycles. The first-order valence-electron chi connectivity index (χ1n) is 6.17. The van der Waals surface area contributed by atoms with Crippen molar-refractivity contribution in [2.24, 2.45) is 5.92 Å². The summed E-state index contributed by atoms with van der Waals surface area (Å²) in [7, 11) is 0. The van der Waals surface area contributed by atoms with Gasteiger partial charge >= 0.3 is 6.09 Å². The number of carbonyl (C=O) groups excluding carboxylic acids is 1. The van der Waals surface area contributed by atoms with Gasteiger partial charge in [0.1, 0.15) is 5.60 Å². The number of nitrogens with zero attached hydrogens (tertiary/aromatic N) is 1. The van der Waals surface area contributed by atoms with E-state index in [4.69, 9.17) is 4.74 Å². The summed E-state index contributed by atoms with van der Waals surface area (Å²) in [5.74, 6) is 0.626. The van der Waals surface area contributed by atoms with Gasteiger partial charge in [0.2, 0.25) is 0 Å². The van der Waals surface area contributed by atoms with E-state index in [1.807, 2.05) is 25.7 Å². The van der Waals surface area contributed by atoms with Gasteiger partial charge in [-0.25, -0.2) is 4.79 Å². The Hall–Kier alpha value is -0.770. The third kappa shape index (κ3) is 2.67. The fraction of sp³-hybridized carbons (Fsp3) is 0.917. The lowest BCUT2D eigenvalue weighted by atomic mass is 9.94. The van der Waals surface area contributed by atoms with E-state index in [1.165, 1.54) is 12.8 Å². The van der Waals surface area contributed by atoms with Gasteiger partial charge < -0.3 is 15.0 Å². The molecule has 0 unspecified atom stereocenters. The van der Waals surface area contributed by atoms with Crippen molar-refractivity contribution in [3.05, 3.63) is 0 Å². The summed E-state index contributed by atoms with van der Waals surface area (Å²) in [6.45, 7) is 8.47. The number of nitrogens with one attached hydrogen (secondary N) is 1. The monoisotopic (exact) mass is 226 g/mol. The lowest BCUT2D eigenvalue weighted by Crippen LogP contribution is -2.41. The minimum absolute atomic E-state index is 0.163. The van der Waals surface area contributed by atoms with E-state index in [2.05, 4.69) is 5.32 Å². The lowest BCUT2D eigenvalue weighted by Gasteiger charge is -2.24. The molecule has 2 aliphatic rings. The van der Waals surface area contributed by atoms with Crippen LogP contribution in [0.25, 0.3) is 0 Å². The van der Waals surface area contributed by atoms with Crippen LogP contribution < -0.4 is 5.32 Å². The molecule has 2 fully saturated rings. The van der Waals surface area contributed by atoms with Crippen molar-refractivity contribution in [3.8, 4) is 0 Å². The normalized spacial score (nSPS) is 30.1. The van der Waals surface area contributed by atoms with E-state index in [9.17, 15) is 4.79 Å². The standard InChI is InChI=1S/C12H22N2O2/c1-12(2,3)16-11(15)14-7-9-5-4-6-13-10(9)8-14/h9-10,13H,4-8H2,1-3H3/t9-,10+/m1/s1. The number of likely N-dealkylation sites (tertiary alicyclic amines) is 1. The number of carbonyl (C=O) groups is 1. The summed E-state index contributed by atoms with van der Waals surface area (Å²) in [4.78, 5) is 13.7. The van der Waals surface area contributed by atoms with Crippen molar-refractivity contribution in [1.82, 2.24) is 10.2 Å². The number of hydrogen-bond donors (Lipinski definition) is 1. The molecule has 4 nitrogen and oxygen atoms in total. The molecule has 4 heteroatoms. The second kappa shape index (κ2) is 4.24. The quantitative estimate of drug-likeness (QED) is 0.682. The zero-order valence-electron chi connectivity index (χ0n) is 10.5. The van der Waals surface area contributed by atoms with Gasteiger partial charge in [0.05, 0.1) is 0 Å². The van der Waals surface area contributed by atoms with Crippen LogP contribution in [0.1, 0.15) is 33.6 Å². The molecule has 0 radical (unpaired) electrons. The fourth-order valence-electron chi connectivity index (χ4n) is 2.52. The first kappa shape index (κ1) is 11.7. The maximum Gasteiger partial charge on any atom is 0.410 e. The van der Waals surface area contributed by atoms with Crippen LogP contribution >= 0.6 is 0 Å². The second-order valence-corrected chi connectivity index (χ2v) is 5.85. The molecule has 16 heavy (non-hydrogen) atoms. The smallest absolute Gasteiger partial charge is 0.410 e. The van der Waals surface area contributed by atoms with Crippen molar-refractivity contribution in [3.63, 3.8) is 0 Å². The summed E-state index contributed by atoms with van der Waals surface area (Å²) in [6.07, 6.45) is 2.30. The van der Waals surface area contributed by atoms with Gasteiger partial charge in [-0.3, -0.25) is 0 Å². The van der Waals surface area contributed by atoms with Crippen LogP contribution in [0.2, 0.25) is 0 Å². The van der Waals surface area contributed by atoms with Crippen molar-refractivity contribution in [1.29, 1.82) is 0 Å². The van der Waals surface area contributed by atoms with Gasteiger partial charge in [0.25, 0.3) is 0 Å². The van der Waals surface area contributed by atoms with E-state index in [0.717, 1.165) is 19.6 Å². The number of hydrogen-bond acceptors (Lipinski definition) is 3. The van der Waals surface area contributed by atoms with E-state index in [1.54, 1.807) is 0 Å². The van der Waals surface area contributed by atoms with Gasteiger partial charge in [-0.2, -0.15) is 0 Å². The van der Waals surface area contributed by atoms with Crippen LogP contribution in [-0.4, -0.2) is 42.3 Å². The molecule has 2 aliphatic heterocycles. The minimum Gasteiger partial charge on any atom is -0.444 e. The Balaban J connectivity index is 1.90. The minimum atomic E-state index is -0.391. The van der Waals surface area contributed by atoms with E-state index in [-0.39, 0.29) is 6.09 Å². The largest absolute Gasteiger partial charge is 0.444 e. The van der Waals surface area contributed by atoms with Crippen molar-refractivity contribution in [2.75, 3.05) is 19.6 Å². The third-order valence-corrected chi connectivity index (χ3v) is 3.25. The molecular weight excluding hydrogens is 204 g/mol. The maximum absolute atomic E-state index is 11.9. The molecule has 92 valence electrons.